The number of carbonyl (C=O) groups excluding carboxylic acids is 1. The molecular weight excluding hydrogens is 560 g/mol. The largest absolute Gasteiger partial charge is 0.478 e. The highest BCUT2D eigenvalue weighted by atomic mass is 35.5. The molecule has 42 heavy (non-hydrogen) atoms. The van der Waals surface area contributed by atoms with Gasteiger partial charge in [0.2, 0.25) is 5.88 Å². The summed E-state index contributed by atoms with van der Waals surface area (Å²) in [4.78, 5) is 35.4. The van der Waals surface area contributed by atoms with E-state index < -0.39 is 5.97 Å². The maximum absolute atomic E-state index is 13.7. The molecule has 3 saturated heterocycles. The first-order valence-electron chi connectivity index (χ1n) is 14.2. The van der Waals surface area contributed by atoms with Crippen LogP contribution >= 0.6 is 11.6 Å². The minimum atomic E-state index is -0.979. The van der Waals surface area contributed by atoms with Gasteiger partial charge >= 0.3 is 12.0 Å². The van der Waals surface area contributed by atoms with Crippen molar-refractivity contribution in [2.24, 2.45) is 0 Å². The number of rotatable bonds is 9. The van der Waals surface area contributed by atoms with Gasteiger partial charge in [0.25, 0.3) is 0 Å². The smallest absolute Gasteiger partial charge is 0.335 e. The molecule has 3 aliphatic rings. The van der Waals surface area contributed by atoms with Gasteiger partial charge in [0.15, 0.2) is 6.29 Å². The molecule has 0 aliphatic carbocycles. The van der Waals surface area contributed by atoms with Crippen molar-refractivity contribution < 1.29 is 28.9 Å². The molecule has 3 aliphatic heterocycles. The highest BCUT2D eigenvalue weighted by Gasteiger charge is 2.43. The van der Waals surface area contributed by atoms with Gasteiger partial charge in [-0.05, 0) is 60.4 Å². The number of aromatic nitrogens is 1. The molecule has 1 unspecified atom stereocenters. The molecule has 0 spiro atoms. The molecule has 1 aromatic heterocycles. The van der Waals surface area contributed by atoms with Crippen molar-refractivity contribution in [3.63, 3.8) is 0 Å². The van der Waals surface area contributed by atoms with Crippen molar-refractivity contribution in [1.82, 2.24) is 19.7 Å². The number of carbonyl (C=O) groups is 2. The van der Waals surface area contributed by atoms with Crippen molar-refractivity contribution in [2.45, 2.75) is 37.8 Å². The summed E-state index contributed by atoms with van der Waals surface area (Å²) < 4.78 is 17.0. The summed E-state index contributed by atoms with van der Waals surface area (Å²) in [7, 11) is 0. The van der Waals surface area contributed by atoms with E-state index in [0.717, 1.165) is 43.6 Å². The molecule has 3 aromatic rings. The average Bonchev–Trinajstić information content (AvgIpc) is 3.63. The molecule has 1 N–H and O–H groups in total. The van der Waals surface area contributed by atoms with Crippen LogP contribution in [0.15, 0.2) is 66.9 Å². The molecule has 2 aromatic carbocycles. The van der Waals surface area contributed by atoms with Gasteiger partial charge in [-0.3, -0.25) is 4.90 Å². The van der Waals surface area contributed by atoms with Gasteiger partial charge in [-0.25, -0.2) is 14.6 Å². The lowest BCUT2D eigenvalue weighted by Gasteiger charge is -2.39. The van der Waals surface area contributed by atoms with Crippen LogP contribution in [0.25, 0.3) is 0 Å². The zero-order chi connectivity index (χ0) is 29.1. The number of hydrogen-bond donors (Lipinski definition) is 1. The number of nitrogens with zero attached hydrogens (tertiary/aromatic N) is 4. The van der Waals surface area contributed by atoms with E-state index in [-0.39, 0.29) is 30.0 Å². The van der Waals surface area contributed by atoms with Gasteiger partial charge in [0, 0.05) is 49.5 Å². The van der Waals surface area contributed by atoms with Crippen LogP contribution < -0.4 is 4.74 Å². The van der Waals surface area contributed by atoms with Crippen LogP contribution in [-0.2, 0) is 16.0 Å². The molecule has 10 nitrogen and oxygen atoms in total. The van der Waals surface area contributed by atoms with E-state index in [0.29, 0.717) is 43.0 Å². The number of likely N-dealkylation sites (tertiary alicyclic amines) is 1. The third kappa shape index (κ3) is 6.52. The second kappa shape index (κ2) is 12.7. The van der Waals surface area contributed by atoms with E-state index in [2.05, 4.69) is 14.8 Å². The summed E-state index contributed by atoms with van der Waals surface area (Å²) >= 11 is 6.33. The molecule has 2 amide bonds. The number of benzene rings is 2. The summed E-state index contributed by atoms with van der Waals surface area (Å²) in [5.74, 6) is -0.0117. The second-order valence-electron chi connectivity index (χ2n) is 10.8. The Morgan fingerprint density at radius 3 is 2.48 bits per heavy atom. The monoisotopic (exact) mass is 592 g/mol. The molecule has 0 saturated carbocycles. The van der Waals surface area contributed by atoms with Gasteiger partial charge in [0.05, 0.1) is 31.4 Å². The average molecular weight is 593 g/mol. The SMILES string of the molecule is O=C(O)c1ccc(Oc2ccc(CN3CCC(N4C(=O)N(CC5OCCO5)CC4c4cccc(Cl)c4)CC3)cn2)cc1. The highest BCUT2D eigenvalue weighted by molar-refractivity contribution is 6.30. The summed E-state index contributed by atoms with van der Waals surface area (Å²) in [6.45, 7) is 4.58. The van der Waals surface area contributed by atoms with Crippen molar-refractivity contribution in [1.29, 1.82) is 0 Å². The Labute approximate surface area is 249 Å². The molecule has 4 heterocycles. The van der Waals surface area contributed by atoms with E-state index in [1.165, 1.54) is 12.1 Å². The number of pyridine rings is 1. The summed E-state index contributed by atoms with van der Waals surface area (Å²) in [5.41, 5.74) is 2.31. The predicted molar refractivity (Wildman–Crippen MR) is 155 cm³/mol. The number of aromatic carboxylic acids is 1. The van der Waals surface area contributed by atoms with Crippen molar-refractivity contribution >= 4 is 23.6 Å². The van der Waals surface area contributed by atoms with Gasteiger partial charge < -0.3 is 29.1 Å². The normalized spacial score (nSPS) is 20.4. The van der Waals surface area contributed by atoms with Crippen LogP contribution in [0, 0.1) is 0 Å². The van der Waals surface area contributed by atoms with E-state index in [9.17, 15) is 9.59 Å². The first-order chi connectivity index (χ1) is 20.4. The Morgan fingerprint density at radius 2 is 1.81 bits per heavy atom. The third-order valence-corrected chi connectivity index (χ3v) is 8.23. The number of carboxylic acid groups (broad SMARTS) is 1. The van der Waals surface area contributed by atoms with E-state index in [1.807, 2.05) is 41.3 Å². The minimum absolute atomic E-state index is 0.0231. The highest BCUT2D eigenvalue weighted by Crippen LogP contribution is 2.36. The molecule has 3 fully saturated rings. The van der Waals surface area contributed by atoms with Gasteiger partial charge in [-0.1, -0.05) is 29.8 Å². The minimum Gasteiger partial charge on any atom is -0.478 e. The number of amides is 2. The molecule has 1 atom stereocenters. The van der Waals surface area contributed by atoms with Crippen LogP contribution in [0.5, 0.6) is 11.6 Å². The Hall–Kier alpha value is -3.70. The van der Waals surface area contributed by atoms with Gasteiger partial charge in [-0.15, -0.1) is 0 Å². The van der Waals surface area contributed by atoms with Gasteiger partial charge in [0.1, 0.15) is 5.75 Å². The molecule has 220 valence electrons. The molecule has 0 bridgehead atoms. The Balaban J connectivity index is 1.06. The molecule has 6 rings (SSSR count). The van der Waals surface area contributed by atoms with Crippen LogP contribution in [0.1, 0.15) is 40.4 Å². The zero-order valence-electron chi connectivity index (χ0n) is 23.1. The Kier molecular flexibility index (Phi) is 8.57. The fourth-order valence-corrected chi connectivity index (χ4v) is 6.07. The Morgan fingerprint density at radius 1 is 1.05 bits per heavy atom. The van der Waals surface area contributed by atoms with E-state index in [4.69, 9.17) is 30.9 Å². The molecular formula is C31H33ClN4O6. The summed E-state index contributed by atoms with van der Waals surface area (Å²) in [6.07, 6.45) is 3.16. The summed E-state index contributed by atoms with van der Waals surface area (Å²) in [6, 6.07) is 17.9. The van der Waals surface area contributed by atoms with Crippen LogP contribution in [0.4, 0.5) is 4.79 Å². The lowest BCUT2D eigenvalue weighted by atomic mass is 9.99. The lowest BCUT2D eigenvalue weighted by molar-refractivity contribution is -0.0537. The van der Waals surface area contributed by atoms with Crippen molar-refractivity contribution in [3.05, 3.63) is 88.6 Å². The van der Waals surface area contributed by atoms with E-state index in [1.54, 1.807) is 18.3 Å². The lowest BCUT2D eigenvalue weighted by Crippen LogP contribution is -2.47. The molecule has 11 heteroatoms. The Bertz CT molecular complexity index is 1390. The van der Waals surface area contributed by atoms with Crippen LogP contribution in [0.2, 0.25) is 5.02 Å². The van der Waals surface area contributed by atoms with Crippen molar-refractivity contribution in [2.75, 3.05) is 39.4 Å². The van der Waals surface area contributed by atoms with Crippen molar-refractivity contribution in [3.8, 4) is 11.6 Å². The topological polar surface area (TPSA) is 105 Å². The zero-order valence-corrected chi connectivity index (χ0v) is 23.9. The number of carboxylic acids is 1. The molecule has 0 radical (unpaired) electrons. The van der Waals surface area contributed by atoms with Gasteiger partial charge in [-0.2, -0.15) is 0 Å². The quantitative estimate of drug-likeness (QED) is 0.368. The van der Waals surface area contributed by atoms with Crippen LogP contribution in [-0.4, -0.2) is 88.5 Å². The fourth-order valence-electron chi connectivity index (χ4n) is 5.87. The maximum atomic E-state index is 13.7. The predicted octanol–water partition coefficient (Wildman–Crippen LogP) is 5.04. The number of piperidine rings is 1. The fraction of sp³-hybridized carbons (Fsp3) is 0.387. The number of urea groups is 1. The maximum Gasteiger partial charge on any atom is 0.335 e. The number of ether oxygens (including phenoxy) is 3. The second-order valence-corrected chi connectivity index (χ2v) is 11.2. The standard InChI is InChI=1S/C31H33ClN4O6/c32-24-3-1-2-23(16-24)27-19-35(20-29-40-14-15-41-29)31(39)36(27)25-10-12-34(13-11-25)18-21-4-9-28(33-17-21)42-26-7-5-22(6-8-26)30(37)38/h1-9,16-17,25,27,29H,10-15,18-20H2,(H,37,38). The van der Waals surface area contributed by atoms with E-state index >= 15 is 0 Å². The van der Waals surface area contributed by atoms with Crippen LogP contribution in [0.3, 0.4) is 0 Å². The number of halogens is 1. The number of hydrogen-bond acceptors (Lipinski definition) is 7. The first kappa shape index (κ1) is 28.4. The third-order valence-electron chi connectivity index (χ3n) is 7.99. The summed E-state index contributed by atoms with van der Waals surface area (Å²) in [5, 5.41) is 9.71. The first-order valence-corrected chi connectivity index (χ1v) is 14.5.